The van der Waals surface area contributed by atoms with Gasteiger partial charge in [-0.15, -0.1) is 22.7 Å². The van der Waals surface area contributed by atoms with Crippen molar-refractivity contribution in [1.29, 1.82) is 0 Å². The minimum Gasteiger partial charge on any atom is -0.275 e. The zero-order chi connectivity index (χ0) is 28.3. The highest BCUT2D eigenvalue weighted by Gasteiger charge is 2.24. The summed E-state index contributed by atoms with van der Waals surface area (Å²) in [4.78, 5) is 15.5. The van der Waals surface area contributed by atoms with Crippen LogP contribution in [0.25, 0.3) is 80.5 Å². The first-order valence-electron chi connectivity index (χ1n) is 14.1. The Kier molecular flexibility index (Phi) is 5.51. The molecule has 0 aliphatic carbocycles. The van der Waals surface area contributed by atoms with E-state index in [2.05, 4.69) is 114 Å². The van der Waals surface area contributed by atoms with Crippen molar-refractivity contribution in [3.8, 4) is 39.9 Å². The van der Waals surface area contributed by atoms with Crippen molar-refractivity contribution >= 4 is 63.3 Å². The smallest absolute Gasteiger partial charge is 0.238 e. The summed E-state index contributed by atoms with van der Waals surface area (Å²) in [5, 5.41) is 2.42. The van der Waals surface area contributed by atoms with E-state index in [0.29, 0.717) is 17.6 Å². The van der Waals surface area contributed by atoms with Crippen LogP contribution in [0.1, 0.15) is 0 Å². The van der Waals surface area contributed by atoms with Gasteiger partial charge in [0, 0.05) is 31.3 Å². The molecule has 4 heterocycles. The fraction of sp³-hybridized carbons (Fsp3) is 0. The molecule has 43 heavy (non-hydrogen) atoms. The Hall–Kier alpha value is -5.17. The van der Waals surface area contributed by atoms with Crippen LogP contribution < -0.4 is 0 Å². The van der Waals surface area contributed by atoms with Crippen LogP contribution in [0, 0.1) is 0 Å². The van der Waals surface area contributed by atoms with Gasteiger partial charge in [-0.3, -0.25) is 4.57 Å². The molecule has 0 fully saturated rings. The number of benzene rings is 5. The van der Waals surface area contributed by atoms with E-state index in [4.69, 9.17) is 15.0 Å². The number of hydrogen-bond donors (Lipinski definition) is 0. The van der Waals surface area contributed by atoms with E-state index in [1.165, 1.54) is 29.6 Å². The van der Waals surface area contributed by atoms with E-state index in [0.717, 1.165) is 33.3 Å². The van der Waals surface area contributed by atoms with Gasteiger partial charge in [0.25, 0.3) is 0 Å². The first-order valence-corrected chi connectivity index (χ1v) is 15.8. The normalized spacial score (nSPS) is 11.7. The zero-order valence-electron chi connectivity index (χ0n) is 22.8. The summed E-state index contributed by atoms with van der Waals surface area (Å²) in [6, 6.07) is 46.3. The average molecular weight is 587 g/mol. The van der Waals surface area contributed by atoms with Crippen molar-refractivity contribution in [3.63, 3.8) is 0 Å². The standard InChI is InChI=1S/C37H22N4S2/c1-3-12-23(13-4-1)25-16-11-17-26(22-25)36-38-35(24-14-5-2-6-15-24)39-37(40-36)41-31-27-18-7-9-20-29(27)42-33(31)34-32(41)28-19-8-10-21-30(28)43-34/h1-22H. The fourth-order valence-electron chi connectivity index (χ4n) is 5.91. The van der Waals surface area contributed by atoms with Crippen LogP contribution in [0.4, 0.5) is 0 Å². The van der Waals surface area contributed by atoms with Gasteiger partial charge in [0.2, 0.25) is 5.95 Å². The van der Waals surface area contributed by atoms with E-state index in [-0.39, 0.29) is 0 Å². The SMILES string of the molecule is c1ccc(-c2cccc(-c3nc(-c4ccccc4)nc(-n4c5c6ccccc6sc5c5sc6ccccc6c54)n3)c2)cc1. The van der Waals surface area contributed by atoms with Gasteiger partial charge in [0.05, 0.1) is 20.4 Å². The van der Waals surface area contributed by atoms with E-state index in [1.54, 1.807) is 0 Å². The van der Waals surface area contributed by atoms with Gasteiger partial charge in [-0.2, -0.15) is 9.97 Å². The summed E-state index contributed by atoms with van der Waals surface area (Å²) in [5.41, 5.74) is 6.50. The number of nitrogens with zero attached hydrogens (tertiary/aromatic N) is 4. The molecule has 0 aliphatic heterocycles. The molecule has 4 nitrogen and oxygen atoms in total. The topological polar surface area (TPSA) is 43.6 Å². The molecule has 0 bridgehead atoms. The lowest BCUT2D eigenvalue weighted by Crippen LogP contribution is -2.06. The molecule has 5 aromatic carbocycles. The van der Waals surface area contributed by atoms with E-state index in [9.17, 15) is 0 Å². The molecular weight excluding hydrogens is 565 g/mol. The van der Waals surface area contributed by atoms with Crippen molar-refractivity contribution < 1.29 is 0 Å². The quantitative estimate of drug-likeness (QED) is 0.206. The van der Waals surface area contributed by atoms with Gasteiger partial charge in [-0.05, 0) is 29.3 Å². The van der Waals surface area contributed by atoms with Crippen molar-refractivity contribution in [3.05, 3.63) is 133 Å². The minimum atomic E-state index is 0.626. The third-order valence-corrected chi connectivity index (χ3v) is 10.4. The van der Waals surface area contributed by atoms with Gasteiger partial charge in [0.1, 0.15) is 0 Å². The van der Waals surface area contributed by atoms with Crippen LogP contribution in [0.5, 0.6) is 0 Å². The molecule has 0 aliphatic rings. The minimum absolute atomic E-state index is 0.626. The van der Waals surface area contributed by atoms with Gasteiger partial charge < -0.3 is 0 Å². The first-order chi connectivity index (χ1) is 21.3. The maximum Gasteiger partial charge on any atom is 0.238 e. The maximum atomic E-state index is 5.23. The summed E-state index contributed by atoms with van der Waals surface area (Å²) in [7, 11) is 0. The number of aromatic nitrogens is 4. The molecule has 4 aromatic heterocycles. The van der Waals surface area contributed by atoms with E-state index >= 15 is 0 Å². The molecule has 0 unspecified atom stereocenters. The Morgan fingerprint density at radius 1 is 0.419 bits per heavy atom. The average Bonchev–Trinajstić information content (AvgIpc) is 3.74. The summed E-state index contributed by atoms with van der Waals surface area (Å²) in [6.45, 7) is 0. The second kappa shape index (κ2) is 9.70. The highest BCUT2D eigenvalue weighted by atomic mass is 32.1. The molecule has 0 amide bonds. The van der Waals surface area contributed by atoms with Crippen molar-refractivity contribution in [1.82, 2.24) is 19.5 Å². The summed E-state index contributed by atoms with van der Waals surface area (Å²) in [5.74, 6) is 1.93. The predicted molar refractivity (Wildman–Crippen MR) is 181 cm³/mol. The van der Waals surface area contributed by atoms with Crippen molar-refractivity contribution in [2.24, 2.45) is 0 Å². The van der Waals surface area contributed by atoms with E-state index in [1.807, 2.05) is 46.9 Å². The van der Waals surface area contributed by atoms with Crippen molar-refractivity contribution in [2.45, 2.75) is 0 Å². The number of fused-ring (bicyclic) bond motifs is 7. The lowest BCUT2D eigenvalue weighted by Gasteiger charge is -2.11. The monoisotopic (exact) mass is 586 g/mol. The second-order valence-electron chi connectivity index (χ2n) is 10.5. The Morgan fingerprint density at radius 2 is 0.907 bits per heavy atom. The lowest BCUT2D eigenvalue weighted by molar-refractivity contribution is 0.957. The highest BCUT2D eigenvalue weighted by molar-refractivity contribution is 7.33. The summed E-state index contributed by atoms with van der Waals surface area (Å²) in [6.07, 6.45) is 0. The largest absolute Gasteiger partial charge is 0.275 e. The van der Waals surface area contributed by atoms with Gasteiger partial charge >= 0.3 is 0 Å². The molecule has 0 spiro atoms. The van der Waals surface area contributed by atoms with Crippen molar-refractivity contribution in [2.75, 3.05) is 0 Å². The molecule has 6 heteroatoms. The molecule has 0 saturated heterocycles. The van der Waals surface area contributed by atoms with E-state index < -0.39 is 0 Å². The zero-order valence-corrected chi connectivity index (χ0v) is 24.4. The first kappa shape index (κ1) is 24.4. The Morgan fingerprint density at radius 3 is 1.53 bits per heavy atom. The Labute approximate surface area is 255 Å². The van der Waals surface area contributed by atoms with Gasteiger partial charge in [-0.1, -0.05) is 115 Å². The lowest BCUT2D eigenvalue weighted by atomic mass is 10.0. The molecular formula is C37H22N4S2. The molecule has 0 radical (unpaired) electrons. The Balaban J connectivity index is 1.38. The van der Waals surface area contributed by atoms with Crippen LogP contribution in [0.3, 0.4) is 0 Å². The Bertz CT molecular complexity index is 2370. The van der Waals surface area contributed by atoms with Gasteiger partial charge in [-0.25, -0.2) is 4.98 Å². The van der Waals surface area contributed by atoms with Crippen LogP contribution in [0.15, 0.2) is 133 Å². The highest BCUT2D eigenvalue weighted by Crippen LogP contribution is 2.47. The summed E-state index contributed by atoms with van der Waals surface area (Å²) < 4.78 is 7.34. The molecule has 9 aromatic rings. The third-order valence-electron chi connectivity index (χ3n) is 7.88. The summed E-state index contributed by atoms with van der Waals surface area (Å²) >= 11 is 3.68. The van der Waals surface area contributed by atoms with Crippen LogP contribution >= 0.6 is 22.7 Å². The molecule has 9 rings (SSSR count). The van der Waals surface area contributed by atoms with Crippen LogP contribution in [-0.2, 0) is 0 Å². The molecule has 202 valence electrons. The molecule has 0 atom stereocenters. The maximum absolute atomic E-state index is 5.23. The van der Waals surface area contributed by atoms with Crippen LogP contribution in [0.2, 0.25) is 0 Å². The molecule has 0 saturated carbocycles. The molecule has 0 N–H and O–H groups in total. The van der Waals surface area contributed by atoms with Crippen LogP contribution in [-0.4, -0.2) is 19.5 Å². The second-order valence-corrected chi connectivity index (χ2v) is 12.6. The predicted octanol–water partition coefficient (Wildman–Crippen LogP) is 10.4. The number of thiophene rings is 2. The third kappa shape index (κ3) is 3.91. The number of hydrogen-bond acceptors (Lipinski definition) is 5. The fourth-order valence-corrected chi connectivity index (χ4v) is 8.41. The number of rotatable bonds is 4. The van der Waals surface area contributed by atoms with Gasteiger partial charge in [0.15, 0.2) is 11.6 Å².